The molecule has 0 aliphatic rings. The number of amides is 1. The van der Waals surface area contributed by atoms with Crippen molar-refractivity contribution < 1.29 is 9.18 Å². The standard InChI is InChI=1S/C11H10FN5O/c12-8-6-14-4-3-9(8)16-11(18)10-2-1-7(17-13)5-15-10/h1-6,17H,13H2,(H,14,16,18). The van der Waals surface area contributed by atoms with Crippen LogP contribution in [0.1, 0.15) is 10.5 Å². The Bertz CT molecular complexity index is 558. The first kappa shape index (κ1) is 11.9. The number of pyridine rings is 2. The van der Waals surface area contributed by atoms with Crippen LogP contribution in [-0.4, -0.2) is 15.9 Å². The summed E-state index contributed by atoms with van der Waals surface area (Å²) in [5, 5.41) is 2.40. The van der Waals surface area contributed by atoms with E-state index < -0.39 is 11.7 Å². The molecule has 7 heteroatoms. The Hall–Kier alpha value is -2.54. The highest BCUT2D eigenvalue weighted by Gasteiger charge is 2.10. The first-order chi connectivity index (χ1) is 8.70. The van der Waals surface area contributed by atoms with Gasteiger partial charge in [-0.05, 0) is 18.2 Å². The van der Waals surface area contributed by atoms with Gasteiger partial charge >= 0.3 is 0 Å². The summed E-state index contributed by atoms with van der Waals surface area (Å²) in [6, 6.07) is 4.43. The van der Waals surface area contributed by atoms with Crippen molar-refractivity contribution in [2.45, 2.75) is 0 Å². The Kier molecular flexibility index (Phi) is 3.44. The molecule has 6 nitrogen and oxygen atoms in total. The minimum atomic E-state index is -0.605. The number of aromatic nitrogens is 2. The van der Waals surface area contributed by atoms with Gasteiger partial charge < -0.3 is 10.7 Å². The van der Waals surface area contributed by atoms with Crippen molar-refractivity contribution in [2.75, 3.05) is 10.7 Å². The van der Waals surface area contributed by atoms with Crippen molar-refractivity contribution in [2.24, 2.45) is 5.84 Å². The predicted molar refractivity (Wildman–Crippen MR) is 64.2 cm³/mol. The van der Waals surface area contributed by atoms with Crippen molar-refractivity contribution >= 4 is 17.3 Å². The molecule has 1 amide bonds. The smallest absolute Gasteiger partial charge is 0.274 e. The molecule has 0 saturated carbocycles. The maximum atomic E-state index is 13.3. The van der Waals surface area contributed by atoms with Crippen LogP contribution in [0.2, 0.25) is 0 Å². The van der Waals surface area contributed by atoms with E-state index in [4.69, 9.17) is 5.84 Å². The fraction of sp³-hybridized carbons (Fsp3) is 0. The molecule has 0 radical (unpaired) electrons. The number of rotatable bonds is 3. The van der Waals surface area contributed by atoms with Gasteiger partial charge in [0.1, 0.15) is 5.69 Å². The van der Waals surface area contributed by atoms with Gasteiger partial charge in [-0.25, -0.2) is 9.37 Å². The highest BCUT2D eigenvalue weighted by molar-refractivity contribution is 6.02. The molecule has 2 aromatic heterocycles. The minimum Gasteiger partial charge on any atom is -0.323 e. The average molecular weight is 247 g/mol. The Morgan fingerprint density at radius 3 is 2.72 bits per heavy atom. The second-order valence-electron chi connectivity index (χ2n) is 3.39. The van der Waals surface area contributed by atoms with Gasteiger partial charge in [0.25, 0.3) is 5.91 Å². The minimum absolute atomic E-state index is 0.0535. The van der Waals surface area contributed by atoms with Crippen molar-refractivity contribution in [3.63, 3.8) is 0 Å². The fourth-order valence-corrected chi connectivity index (χ4v) is 1.28. The van der Waals surface area contributed by atoms with E-state index in [2.05, 4.69) is 20.7 Å². The number of anilines is 2. The second kappa shape index (κ2) is 5.19. The summed E-state index contributed by atoms with van der Waals surface area (Å²) >= 11 is 0. The lowest BCUT2D eigenvalue weighted by Gasteiger charge is -2.05. The number of nitrogens with two attached hydrogens (primary N) is 1. The van der Waals surface area contributed by atoms with E-state index in [1.165, 1.54) is 24.5 Å². The molecule has 2 heterocycles. The molecule has 0 spiro atoms. The Balaban J connectivity index is 2.14. The number of nitrogens with one attached hydrogen (secondary N) is 2. The highest BCUT2D eigenvalue weighted by Crippen LogP contribution is 2.12. The predicted octanol–water partition coefficient (Wildman–Crippen LogP) is 1.15. The topological polar surface area (TPSA) is 92.9 Å². The molecule has 92 valence electrons. The van der Waals surface area contributed by atoms with E-state index in [-0.39, 0.29) is 11.4 Å². The summed E-state index contributed by atoms with van der Waals surface area (Å²) in [5.41, 5.74) is 3.17. The maximum absolute atomic E-state index is 13.3. The molecule has 2 aromatic rings. The largest absolute Gasteiger partial charge is 0.323 e. The van der Waals surface area contributed by atoms with Crippen LogP contribution < -0.4 is 16.6 Å². The van der Waals surface area contributed by atoms with Gasteiger partial charge in [0.15, 0.2) is 5.82 Å². The van der Waals surface area contributed by atoms with E-state index in [1.807, 2.05) is 0 Å². The van der Waals surface area contributed by atoms with Crippen LogP contribution in [0.15, 0.2) is 36.8 Å². The Morgan fingerprint density at radius 2 is 2.11 bits per heavy atom. The number of nitrogens with zero attached hydrogens (tertiary/aromatic N) is 2. The molecule has 18 heavy (non-hydrogen) atoms. The van der Waals surface area contributed by atoms with Crippen LogP contribution in [0.3, 0.4) is 0 Å². The summed E-state index contributed by atoms with van der Waals surface area (Å²) < 4.78 is 13.3. The van der Waals surface area contributed by atoms with Gasteiger partial charge in [0.05, 0.1) is 23.8 Å². The second-order valence-corrected chi connectivity index (χ2v) is 3.39. The molecule has 0 atom stereocenters. The number of nitrogen functional groups attached to an aromatic ring is 1. The fourth-order valence-electron chi connectivity index (χ4n) is 1.28. The van der Waals surface area contributed by atoms with Crippen LogP contribution in [0.5, 0.6) is 0 Å². The Morgan fingerprint density at radius 1 is 1.28 bits per heavy atom. The zero-order chi connectivity index (χ0) is 13.0. The molecule has 0 aliphatic heterocycles. The van der Waals surface area contributed by atoms with Gasteiger partial charge in [0.2, 0.25) is 0 Å². The van der Waals surface area contributed by atoms with E-state index in [9.17, 15) is 9.18 Å². The molecule has 0 aromatic carbocycles. The normalized spacial score (nSPS) is 9.89. The van der Waals surface area contributed by atoms with E-state index in [0.29, 0.717) is 5.69 Å². The lowest BCUT2D eigenvalue weighted by atomic mass is 10.3. The SMILES string of the molecule is NNc1ccc(C(=O)Nc2ccncc2F)nc1. The van der Waals surface area contributed by atoms with Crippen LogP contribution >= 0.6 is 0 Å². The molecule has 2 rings (SSSR count). The van der Waals surface area contributed by atoms with Crippen molar-refractivity contribution in [1.29, 1.82) is 0 Å². The third kappa shape index (κ3) is 2.58. The van der Waals surface area contributed by atoms with E-state index in [0.717, 1.165) is 6.20 Å². The third-order valence-corrected chi connectivity index (χ3v) is 2.18. The quantitative estimate of drug-likeness (QED) is 0.559. The van der Waals surface area contributed by atoms with Gasteiger partial charge in [-0.15, -0.1) is 0 Å². The molecule has 0 unspecified atom stereocenters. The molecule has 0 fully saturated rings. The Labute approximate surface area is 102 Å². The number of hydrazine groups is 1. The molecular formula is C11H10FN5O. The van der Waals surface area contributed by atoms with E-state index in [1.54, 1.807) is 6.07 Å². The lowest BCUT2D eigenvalue weighted by Crippen LogP contribution is -2.15. The van der Waals surface area contributed by atoms with Gasteiger partial charge in [-0.2, -0.15) is 0 Å². The summed E-state index contributed by atoms with van der Waals surface area (Å²) in [5.74, 6) is 4.06. The van der Waals surface area contributed by atoms with E-state index >= 15 is 0 Å². The average Bonchev–Trinajstić information content (AvgIpc) is 2.41. The molecule has 0 bridgehead atoms. The zero-order valence-corrected chi connectivity index (χ0v) is 9.22. The lowest BCUT2D eigenvalue weighted by molar-refractivity contribution is 0.102. The number of hydrogen-bond acceptors (Lipinski definition) is 5. The first-order valence-corrected chi connectivity index (χ1v) is 5.04. The molecule has 4 N–H and O–H groups in total. The van der Waals surface area contributed by atoms with Crippen LogP contribution in [0, 0.1) is 5.82 Å². The van der Waals surface area contributed by atoms with Crippen LogP contribution in [0.25, 0.3) is 0 Å². The summed E-state index contributed by atoms with van der Waals surface area (Å²) in [6.07, 6.45) is 3.80. The first-order valence-electron chi connectivity index (χ1n) is 5.04. The van der Waals surface area contributed by atoms with Gasteiger partial charge in [-0.1, -0.05) is 0 Å². The van der Waals surface area contributed by atoms with Crippen molar-refractivity contribution in [3.8, 4) is 0 Å². The molecular weight excluding hydrogens is 237 g/mol. The van der Waals surface area contributed by atoms with Crippen molar-refractivity contribution in [1.82, 2.24) is 9.97 Å². The zero-order valence-electron chi connectivity index (χ0n) is 9.22. The van der Waals surface area contributed by atoms with Crippen LogP contribution in [0.4, 0.5) is 15.8 Å². The number of carbonyl (C=O) groups excluding carboxylic acids is 1. The number of halogens is 1. The molecule has 0 saturated heterocycles. The van der Waals surface area contributed by atoms with Crippen molar-refractivity contribution in [3.05, 3.63) is 48.3 Å². The van der Waals surface area contributed by atoms with Crippen LogP contribution in [-0.2, 0) is 0 Å². The van der Waals surface area contributed by atoms with Gasteiger partial charge in [0, 0.05) is 6.20 Å². The van der Waals surface area contributed by atoms with Gasteiger partial charge in [-0.3, -0.25) is 15.6 Å². The number of hydrogen-bond donors (Lipinski definition) is 3. The number of carbonyl (C=O) groups is 1. The maximum Gasteiger partial charge on any atom is 0.274 e. The third-order valence-electron chi connectivity index (χ3n) is 2.18. The molecule has 0 aliphatic carbocycles. The summed E-state index contributed by atoms with van der Waals surface area (Å²) in [7, 11) is 0. The summed E-state index contributed by atoms with van der Waals surface area (Å²) in [6.45, 7) is 0. The highest BCUT2D eigenvalue weighted by atomic mass is 19.1. The summed E-state index contributed by atoms with van der Waals surface area (Å²) in [4.78, 5) is 19.2. The monoisotopic (exact) mass is 247 g/mol.